The van der Waals surface area contributed by atoms with Crippen LogP contribution in [0.1, 0.15) is 38.5 Å². The molecule has 2 aliphatic carbocycles. The van der Waals surface area contributed by atoms with E-state index < -0.39 is 0 Å². The highest BCUT2D eigenvalue weighted by atomic mass is 14.9. The van der Waals surface area contributed by atoms with Crippen LogP contribution in [0.2, 0.25) is 0 Å². The first-order chi connectivity index (χ1) is 4.95. The Morgan fingerprint density at radius 3 is 2.50 bits per heavy atom. The van der Waals surface area contributed by atoms with Crippen LogP contribution in [-0.2, 0) is 0 Å². The molecule has 0 amide bonds. The van der Waals surface area contributed by atoms with Crippen LogP contribution in [0.5, 0.6) is 0 Å². The summed E-state index contributed by atoms with van der Waals surface area (Å²) in [6.07, 6.45) is 8.50. The molecule has 1 radical (unpaired) electrons. The van der Waals surface area contributed by atoms with Crippen molar-refractivity contribution in [3.63, 3.8) is 0 Å². The van der Waals surface area contributed by atoms with Gasteiger partial charge in [-0.15, -0.1) is 0 Å². The zero-order valence-corrected chi connectivity index (χ0v) is 6.53. The summed E-state index contributed by atoms with van der Waals surface area (Å²) < 4.78 is 0. The summed E-state index contributed by atoms with van der Waals surface area (Å²) in [4.78, 5) is 0. The lowest BCUT2D eigenvalue weighted by molar-refractivity contribution is 0.618. The second kappa shape index (κ2) is 2.91. The summed E-state index contributed by atoms with van der Waals surface area (Å²) in [6, 6.07) is 1.63. The highest BCUT2D eigenvalue weighted by Crippen LogP contribution is 2.30. The maximum Gasteiger partial charge on any atom is 0.0364 e. The predicted molar refractivity (Wildman–Crippen MR) is 42.4 cm³/mol. The number of hydrogen-bond acceptors (Lipinski definition) is 1. The fourth-order valence-electron chi connectivity index (χ4n) is 1.59. The molecule has 1 N–H and O–H groups in total. The van der Waals surface area contributed by atoms with Gasteiger partial charge in [0, 0.05) is 6.04 Å². The van der Waals surface area contributed by atoms with E-state index in [1.54, 1.807) is 6.04 Å². The second-order valence-electron chi connectivity index (χ2n) is 3.63. The van der Waals surface area contributed by atoms with E-state index in [-0.39, 0.29) is 0 Å². The Hall–Kier alpha value is -0.0400. The number of nitrogens with one attached hydrogen (secondary N) is 1. The quantitative estimate of drug-likeness (QED) is 0.629. The molecular formula is C9H16N. The van der Waals surface area contributed by atoms with E-state index >= 15 is 0 Å². The zero-order chi connectivity index (χ0) is 6.81. The maximum absolute atomic E-state index is 3.56. The SMILES string of the molecule is C1CC[C](NCC2CC2)C1. The zero-order valence-electron chi connectivity index (χ0n) is 6.53. The van der Waals surface area contributed by atoms with E-state index in [0.717, 1.165) is 5.92 Å². The topological polar surface area (TPSA) is 12.0 Å². The molecule has 0 bridgehead atoms. The maximum atomic E-state index is 3.56. The third kappa shape index (κ3) is 1.72. The Morgan fingerprint density at radius 1 is 1.20 bits per heavy atom. The third-order valence-electron chi connectivity index (χ3n) is 2.54. The molecule has 2 fully saturated rings. The molecule has 10 heavy (non-hydrogen) atoms. The van der Waals surface area contributed by atoms with Gasteiger partial charge in [0.1, 0.15) is 0 Å². The lowest BCUT2D eigenvalue weighted by Gasteiger charge is -2.08. The van der Waals surface area contributed by atoms with Gasteiger partial charge in [0.15, 0.2) is 0 Å². The van der Waals surface area contributed by atoms with Crippen LogP contribution in [0, 0.1) is 12.0 Å². The lowest BCUT2D eigenvalue weighted by atomic mass is 10.2. The largest absolute Gasteiger partial charge is 0.309 e. The van der Waals surface area contributed by atoms with Crippen LogP contribution < -0.4 is 5.32 Å². The Labute approximate surface area is 63.2 Å². The first-order valence-corrected chi connectivity index (χ1v) is 4.54. The Morgan fingerprint density at radius 2 is 1.90 bits per heavy atom. The van der Waals surface area contributed by atoms with Crippen LogP contribution in [-0.4, -0.2) is 6.54 Å². The van der Waals surface area contributed by atoms with E-state index in [1.807, 2.05) is 0 Å². The Kier molecular flexibility index (Phi) is 1.94. The molecule has 0 unspecified atom stereocenters. The molecular weight excluding hydrogens is 122 g/mol. The van der Waals surface area contributed by atoms with Crippen molar-refractivity contribution < 1.29 is 0 Å². The third-order valence-corrected chi connectivity index (χ3v) is 2.54. The van der Waals surface area contributed by atoms with E-state index in [9.17, 15) is 0 Å². The molecule has 0 heterocycles. The van der Waals surface area contributed by atoms with E-state index in [2.05, 4.69) is 5.32 Å². The van der Waals surface area contributed by atoms with Gasteiger partial charge >= 0.3 is 0 Å². The molecule has 2 rings (SSSR count). The van der Waals surface area contributed by atoms with Gasteiger partial charge in [-0.1, -0.05) is 12.8 Å². The van der Waals surface area contributed by atoms with E-state index in [4.69, 9.17) is 0 Å². The minimum Gasteiger partial charge on any atom is -0.309 e. The minimum atomic E-state index is 1.04. The van der Waals surface area contributed by atoms with Crippen molar-refractivity contribution in [3.05, 3.63) is 6.04 Å². The molecule has 0 atom stereocenters. The monoisotopic (exact) mass is 138 g/mol. The number of rotatable bonds is 3. The molecule has 1 nitrogen and oxygen atoms in total. The molecule has 0 spiro atoms. The van der Waals surface area contributed by atoms with Gasteiger partial charge in [0.05, 0.1) is 0 Å². The van der Waals surface area contributed by atoms with Gasteiger partial charge < -0.3 is 5.32 Å². The molecule has 1 heteroatoms. The fourth-order valence-corrected chi connectivity index (χ4v) is 1.59. The smallest absolute Gasteiger partial charge is 0.0364 e. The molecule has 2 saturated carbocycles. The fraction of sp³-hybridized carbons (Fsp3) is 0.889. The van der Waals surface area contributed by atoms with Gasteiger partial charge in [0.2, 0.25) is 0 Å². The van der Waals surface area contributed by atoms with Crippen LogP contribution in [0.25, 0.3) is 0 Å². The first-order valence-electron chi connectivity index (χ1n) is 4.54. The highest BCUT2D eigenvalue weighted by Gasteiger charge is 2.23. The second-order valence-corrected chi connectivity index (χ2v) is 3.63. The van der Waals surface area contributed by atoms with Gasteiger partial charge in [-0.05, 0) is 38.1 Å². The summed E-state index contributed by atoms with van der Waals surface area (Å²) >= 11 is 0. The van der Waals surface area contributed by atoms with Gasteiger partial charge in [0.25, 0.3) is 0 Å². The first kappa shape index (κ1) is 6.66. The van der Waals surface area contributed by atoms with Crippen molar-refractivity contribution in [2.24, 2.45) is 5.92 Å². The summed E-state index contributed by atoms with van der Waals surface area (Å²) in [5, 5.41) is 3.56. The van der Waals surface area contributed by atoms with E-state index in [0.29, 0.717) is 0 Å². The molecule has 0 saturated heterocycles. The van der Waals surface area contributed by atoms with Crippen molar-refractivity contribution in [3.8, 4) is 0 Å². The van der Waals surface area contributed by atoms with Crippen LogP contribution in [0.4, 0.5) is 0 Å². The average molecular weight is 138 g/mol. The van der Waals surface area contributed by atoms with Crippen molar-refractivity contribution in [2.45, 2.75) is 38.5 Å². The molecule has 0 aromatic rings. The molecule has 0 aromatic heterocycles. The Bertz CT molecular complexity index is 101. The average Bonchev–Trinajstić information content (AvgIpc) is 2.63. The van der Waals surface area contributed by atoms with Gasteiger partial charge in [-0.25, -0.2) is 0 Å². The van der Waals surface area contributed by atoms with Gasteiger partial charge in [-0.3, -0.25) is 0 Å². The lowest BCUT2D eigenvalue weighted by Crippen LogP contribution is -2.20. The van der Waals surface area contributed by atoms with Crippen molar-refractivity contribution in [1.82, 2.24) is 5.32 Å². The number of hydrogen-bond donors (Lipinski definition) is 1. The normalized spacial score (nSPS) is 27.6. The summed E-state index contributed by atoms with van der Waals surface area (Å²) in [7, 11) is 0. The molecule has 0 aliphatic heterocycles. The highest BCUT2D eigenvalue weighted by molar-refractivity contribution is 4.93. The van der Waals surface area contributed by atoms with Crippen molar-refractivity contribution >= 4 is 0 Å². The summed E-state index contributed by atoms with van der Waals surface area (Å²) in [5.41, 5.74) is 0. The van der Waals surface area contributed by atoms with Crippen LogP contribution >= 0.6 is 0 Å². The summed E-state index contributed by atoms with van der Waals surface area (Å²) in [5.74, 6) is 1.04. The standard InChI is InChI=1S/C9H16N/c1-2-4-9(3-1)10-7-8-5-6-8/h8,10H,1-7H2. The van der Waals surface area contributed by atoms with Crippen LogP contribution in [0.3, 0.4) is 0 Å². The van der Waals surface area contributed by atoms with Gasteiger partial charge in [-0.2, -0.15) is 0 Å². The van der Waals surface area contributed by atoms with Crippen molar-refractivity contribution in [2.75, 3.05) is 6.54 Å². The molecule has 57 valence electrons. The van der Waals surface area contributed by atoms with Crippen LogP contribution in [0.15, 0.2) is 0 Å². The predicted octanol–water partition coefficient (Wildman–Crippen LogP) is 2.09. The molecule has 0 aromatic carbocycles. The minimum absolute atomic E-state index is 1.04. The molecule has 2 aliphatic rings. The summed E-state index contributed by atoms with van der Waals surface area (Å²) in [6.45, 7) is 1.27. The van der Waals surface area contributed by atoms with Crippen molar-refractivity contribution in [1.29, 1.82) is 0 Å². The Balaban J connectivity index is 1.59. The van der Waals surface area contributed by atoms with E-state index in [1.165, 1.54) is 45.1 Å².